The fourth-order valence-electron chi connectivity index (χ4n) is 2.68. The lowest BCUT2D eigenvalue weighted by molar-refractivity contribution is -0.384. The number of amides is 1. The van der Waals surface area contributed by atoms with Gasteiger partial charge in [-0.05, 0) is 24.6 Å². The molecule has 1 unspecified atom stereocenters. The first-order valence-corrected chi connectivity index (χ1v) is 8.20. The second-order valence-corrected chi connectivity index (χ2v) is 5.84. The van der Waals surface area contributed by atoms with Crippen molar-refractivity contribution in [3.63, 3.8) is 0 Å². The summed E-state index contributed by atoms with van der Waals surface area (Å²) in [4.78, 5) is 27.2. The van der Waals surface area contributed by atoms with Crippen LogP contribution in [0.1, 0.15) is 33.6 Å². The zero-order chi connectivity index (χ0) is 19.4. The van der Waals surface area contributed by atoms with Gasteiger partial charge in [0.25, 0.3) is 11.6 Å². The Morgan fingerprint density at radius 2 is 1.96 bits per heavy atom. The fraction of sp³-hybridized carbons (Fsp3) is 0.167. The van der Waals surface area contributed by atoms with Crippen molar-refractivity contribution in [2.24, 2.45) is 0 Å². The molecule has 0 fully saturated rings. The summed E-state index contributed by atoms with van der Waals surface area (Å²) in [7, 11) is 1.47. The molecule has 0 saturated heterocycles. The highest BCUT2D eigenvalue weighted by molar-refractivity contribution is 5.95. The van der Waals surface area contributed by atoms with E-state index in [1.807, 2.05) is 30.3 Å². The minimum atomic E-state index is -0.528. The van der Waals surface area contributed by atoms with Gasteiger partial charge in [0.05, 0.1) is 4.92 Å². The molecule has 2 aromatic carbocycles. The zero-order valence-corrected chi connectivity index (χ0v) is 14.8. The summed E-state index contributed by atoms with van der Waals surface area (Å²) in [6.07, 6.45) is 0. The molecule has 3 N–H and O–H groups in total. The summed E-state index contributed by atoms with van der Waals surface area (Å²) >= 11 is 0. The van der Waals surface area contributed by atoms with Crippen LogP contribution in [-0.4, -0.2) is 33.1 Å². The molecule has 1 atom stereocenters. The summed E-state index contributed by atoms with van der Waals surface area (Å²) in [6, 6.07) is 13.2. The summed E-state index contributed by atoms with van der Waals surface area (Å²) in [5.41, 5.74) is 1.12. The van der Waals surface area contributed by atoms with E-state index in [-0.39, 0.29) is 16.9 Å². The first-order valence-electron chi connectivity index (χ1n) is 8.20. The maximum atomic E-state index is 11.8. The average Bonchev–Trinajstić information content (AvgIpc) is 3.12. The number of nitrogens with zero attached hydrogens (tertiary/aromatic N) is 3. The number of nitro benzene ring substituents is 1. The molecule has 0 radical (unpaired) electrons. The smallest absolute Gasteiger partial charge is 0.293 e. The van der Waals surface area contributed by atoms with E-state index in [1.54, 1.807) is 6.92 Å². The normalized spacial score (nSPS) is 11.6. The molecule has 3 aromatic rings. The van der Waals surface area contributed by atoms with Gasteiger partial charge in [-0.15, -0.1) is 0 Å². The summed E-state index contributed by atoms with van der Waals surface area (Å²) < 4.78 is 0. The third-order valence-electron chi connectivity index (χ3n) is 3.99. The largest absolute Gasteiger partial charge is 0.366 e. The maximum Gasteiger partial charge on any atom is 0.293 e. The molecule has 138 valence electrons. The van der Waals surface area contributed by atoms with Crippen LogP contribution in [0.5, 0.6) is 0 Å². The Balaban J connectivity index is 2.03. The fourth-order valence-corrected chi connectivity index (χ4v) is 2.68. The molecule has 0 bridgehead atoms. The van der Waals surface area contributed by atoms with Gasteiger partial charge in [0.15, 0.2) is 5.82 Å². The van der Waals surface area contributed by atoms with Gasteiger partial charge in [-0.25, -0.2) is 4.98 Å². The van der Waals surface area contributed by atoms with E-state index in [0.29, 0.717) is 11.6 Å². The van der Waals surface area contributed by atoms with Crippen LogP contribution in [0.2, 0.25) is 0 Å². The van der Waals surface area contributed by atoms with Crippen molar-refractivity contribution in [1.29, 1.82) is 0 Å². The number of carbonyl (C=O) groups excluding carboxylic acids is 1. The van der Waals surface area contributed by atoms with E-state index in [0.717, 1.165) is 5.56 Å². The Kier molecular flexibility index (Phi) is 5.11. The second kappa shape index (κ2) is 7.65. The van der Waals surface area contributed by atoms with Crippen LogP contribution in [0.4, 0.5) is 11.4 Å². The van der Waals surface area contributed by atoms with E-state index >= 15 is 0 Å². The Hall–Kier alpha value is -3.75. The molecule has 0 aliphatic heterocycles. The highest BCUT2D eigenvalue weighted by Crippen LogP contribution is 2.31. The molecular formula is C18H18N6O3. The van der Waals surface area contributed by atoms with Gasteiger partial charge >= 0.3 is 0 Å². The molecule has 27 heavy (non-hydrogen) atoms. The van der Waals surface area contributed by atoms with E-state index in [1.165, 1.54) is 25.2 Å². The van der Waals surface area contributed by atoms with Gasteiger partial charge in [0.1, 0.15) is 17.6 Å². The van der Waals surface area contributed by atoms with Crippen molar-refractivity contribution >= 4 is 17.3 Å². The van der Waals surface area contributed by atoms with E-state index in [9.17, 15) is 14.9 Å². The lowest BCUT2D eigenvalue weighted by atomic mass is 10.0. The van der Waals surface area contributed by atoms with Crippen LogP contribution in [0.15, 0.2) is 48.5 Å². The predicted molar refractivity (Wildman–Crippen MR) is 99.5 cm³/mol. The molecule has 9 nitrogen and oxygen atoms in total. The number of anilines is 1. The zero-order valence-electron chi connectivity index (χ0n) is 14.8. The second-order valence-electron chi connectivity index (χ2n) is 5.84. The van der Waals surface area contributed by atoms with Gasteiger partial charge in [-0.1, -0.05) is 30.3 Å². The predicted octanol–water partition coefficient (Wildman–Crippen LogP) is 2.58. The van der Waals surface area contributed by atoms with Gasteiger partial charge in [0, 0.05) is 18.7 Å². The third-order valence-corrected chi connectivity index (χ3v) is 3.99. The molecule has 0 aliphatic carbocycles. The van der Waals surface area contributed by atoms with Crippen molar-refractivity contribution in [2.75, 3.05) is 12.4 Å². The molecule has 0 saturated carbocycles. The van der Waals surface area contributed by atoms with Crippen molar-refractivity contribution in [3.8, 4) is 0 Å². The lowest BCUT2D eigenvalue weighted by Gasteiger charge is -2.18. The number of aromatic amines is 1. The summed E-state index contributed by atoms with van der Waals surface area (Å²) in [6.45, 7) is 1.78. The van der Waals surface area contributed by atoms with Gasteiger partial charge in [0.2, 0.25) is 0 Å². The molecule has 1 amide bonds. The number of carbonyl (C=O) groups is 1. The van der Waals surface area contributed by atoms with Crippen molar-refractivity contribution in [1.82, 2.24) is 20.5 Å². The average molecular weight is 366 g/mol. The molecule has 0 spiro atoms. The van der Waals surface area contributed by atoms with Crippen molar-refractivity contribution in [3.05, 3.63) is 81.4 Å². The van der Waals surface area contributed by atoms with Crippen LogP contribution < -0.4 is 10.6 Å². The number of H-pyrrole nitrogens is 1. The monoisotopic (exact) mass is 366 g/mol. The Morgan fingerprint density at radius 3 is 2.56 bits per heavy atom. The first-order chi connectivity index (χ1) is 13.0. The van der Waals surface area contributed by atoms with E-state index < -0.39 is 16.9 Å². The van der Waals surface area contributed by atoms with E-state index in [4.69, 9.17) is 0 Å². The van der Waals surface area contributed by atoms with Crippen LogP contribution in [0, 0.1) is 17.0 Å². The highest BCUT2D eigenvalue weighted by Gasteiger charge is 2.24. The van der Waals surface area contributed by atoms with Gasteiger partial charge in [-0.2, -0.15) is 5.10 Å². The molecule has 3 rings (SSSR count). The summed E-state index contributed by atoms with van der Waals surface area (Å²) in [5.74, 6) is 0.703. The number of hydrogen-bond donors (Lipinski definition) is 3. The van der Waals surface area contributed by atoms with Crippen LogP contribution in [0.3, 0.4) is 0 Å². The topological polar surface area (TPSA) is 126 Å². The Labute approximate surface area is 155 Å². The number of hydrogen-bond acceptors (Lipinski definition) is 6. The number of nitro groups is 1. The van der Waals surface area contributed by atoms with Crippen LogP contribution in [-0.2, 0) is 0 Å². The number of rotatable bonds is 6. The number of aromatic nitrogens is 3. The number of nitrogens with one attached hydrogen (secondary N) is 3. The SMILES string of the molecule is CNC(=O)c1ccc(NC(c2ccccc2)c2n[nH]c(C)n2)c([N+](=O)[O-])c1. The molecule has 1 heterocycles. The molecule has 9 heteroatoms. The highest BCUT2D eigenvalue weighted by atomic mass is 16.6. The van der Waals surface area contributed by atoms with Crippen molar-refractivity contribution in [2.45, 2.75) is 13.0 Å². The van der Waals surface area contributed by atoms with Crippen LogP contribution in [0.25, 0.3) is 0 Å². The standard InChI is InChI=1S/C18H18N6O3/c1-11-20-17(23-22-11)16(12-6-4-3-5-7-12)21-14-9-8-13(18(25)19-2)10-15(14)24(26)27/h3-10,16,21H,1-2H3,(H,19,25)(H,20,22,23). The Morgan fingerprint density at radius 1 is 1.22 bits per heavy atom. The third kappa shape index (κ3) is 3.92. The maximum absolute atomic E-state index is 11.8. The number of benzene rings is 2. The van der Waals surface area contributed by atoms with Gasteiger partial charge in [-0.3, -0.25) is 20.0 Å². The van der Waals surface area contributed by atoms with Crippen LogP contribution >= 0.6 is 0 Å². The van der Waals surface area contributed by atoms with E-state index in [2.05, 4.69) is 25.8 Å². The molecule has 0 aliphatic rings. The number of aryl methyl sites for hydroxylation is 1. The quantitative estimate of drug-likeness (QED) is 0.455. The first kappa shape index (κ1) is 18.1. The minimum Gasteiger partial charge on any atom is -0.366 e. The molecular weight excluding hydrogens is 348 g/mol. The lowest BCUT2D eigenvalue weighted by Crippen LogP contribution is -2.19. The Bertz CT molecular complexity index is 970. The minimum absolute atomic E-state index is 0.204. The van der Waals surface area contributed by atoms with Crippen molar-refractivity contribution < 1.29 is 9.72 Å². The van der Waals surface area contributed by atoms with Gasteiger partial charge < -0.3 is 10.6 Å². The molecule has 1 aromatic heterocycles. The summed E-state index contributed by atoms with van der Waals surface area (Å²) in [5, 5.41) is 24.1.